The highest BCUT2D eigenvalue weighted by molar-refractivity contribution is 5.24. The molecule has 0 unspecified atom stereocenters. The van der Waals surface area contributed by atoms with Crippen LogP contribution in [0, 0.1) is 6.07 Å². The van der Waals surface area contributed by atoms with Gasteiger partial charge in [0.15, 0.2) is 0 Å². The molecule has 0 aliphatic heterocycles. The second-order valence-electron chi connectivity index (χ2n) is 3.56. The van der Waals surface area contributed by atoms with Crippen LogP contribution in [0.4, 0.5) is 0 Å². The van der Waals surface area contributed by atoms with E-state index in [0.29, 0.717) is 13.2 Å². The number of rotatable bonds is 4. The number of phenolic OH excluding ortho intramolecular Hbond substituents is 1. The van der Waals surface area contributed by atoms with E-state index >= 15 is 0 Å². The third-order valence-electron chi connectivity index (χ3n) is 2.24. The summed E-state index contributed by atoms with van der Waals surface area (Å²) >= 11 is 0. The zero-order valence-corrected chi connectivity index (χ0v) is 8.89. The van der Waals surface area contributed by atoms with Crippen LogP contribution >= 0.6 is 0 Å². The Kier molecular flexibility index (Phi) is 3.57. The molecule has 0 spiro atoms. The second kappa shape index (κ2) is 5.33. The van der Waals surface area contributed by atoms with Crippen LogP contribution in [-0.2, 0) is 18.0 Å². The number of phenols is 1. The number of aromatic hydroxyl groups is 1. The van der Waals surface area contributed by atoms with Gasteiger partial charge in [0.2, 0.25) is 0 Å². The summed E-state index contributed by atoms with van der Waals surface area (Å²) in [5.74, 6) is 0.159. The summed E-state index contributed by atoms with van der Waals surface area (Å²) in [7, 11) is 0. The van der Waals surface area contributed by atoms with E-state index in [1.54, 1.807) is 12.1 Å². The summed E-state index contributed by atoms with van der Waals surface area (Å²) in [6.45, 7) is 1.13. The van der Waals surface area contributed by atoms with Gasteiger partial charge in [0.25, 0.3) is 0 Å². The van der Waals surface area contributed by atoms with Gasteiger partial charge in [-0.15, -0.1) is 0 Å². The minimum Gasteiger partial charge on any atom is -0.507 e. The van der Waals surface area contributed by atoms with E-state index in [2.05, 4.69) is 6.07 Å². The number of ether oxygens (including phenoxy) is 1. The molecule has 0 heterocycles. The number of benzene rings is 2. The molecule has 2 heteroatoms. The molecule has 0 aliphatic carbocycles. The van der Waals surface area contributed by atoms with Gasteiger partial charge in [-0.25, -0.2) is 0 Å². The molecule has 0 saturated carbocycles. The van der Waals surface area contributed by atoms with Crippen molar-refractivity contribution in [3.8, 4) is 5.75 Å². The Morgan fingerprint density at radius 3 is 2.38 bits per heavy atom. The molecule has 81 valence electrons. The lowest BCUT2D eigenvalue weighted by Gasteiger charge is -2.04. The minimum absolute atomic E-state index is 0.159. The standard InChI is InChI=1S/C14H13O2/c15-14-8-6-13(7-9-14)11-16-10-12-4-2-1-3-5-12/h1-8,15H,10-11H2. The Labute approximate surface area is 95.1 Å². The molecule has 0 amide bonds. The molecular weight excluding hydrogens is 200 g/mol. The molecule has 0 saturated heterocycles. The van der Waals surface area contributed by atoms with Gasteiger partial charge in [-0.2, -0.15) is 0 Å². The van der Waals surface area contributed by atoms with Crippen LogP contribution in [0.1, 0.15) is 11.1 Å². The predicted molar refractivity (Wildman–Crippen MR) is 61.9 cm³/mol. The van der Waals surface area contributed by atoms with Crippen LogP contribution in [0.2, 0.25) is 0 Å². The van der Waals surface area contributed by atoms with Crippen molar-refractivity contribution < 1.29 is 9.84 Å². The monoisotopic (exact) mass is 213 g/mol. The van der Waals surface area contributed by atoms with Gasteiger partial charge in [0, 0.05) is 6.07 Å². The molecule has 2 aromatic carbocycles. The lowest BCUT2D eigenvalue weighted by molar-refractivity contribution is 0.107. The molecule has 16 heavy (non-hydrogen) atoms. The predicted octanol–water partition coefficient (Wildman–Crippen LogP) is 2.91. The summed E-state index contributed by atoms with van der Waals surface area (Å²) in [5, 5.41) is 9.06. The van der Waals surface area contributed by atoms with Crippen molar-refractivity contribution in [1.82, 2.24) is 0 Å². The summed E-state index contributed by atoms with van der Waals surface area (Å²) in [6.07, 6.45) is 0. The molecule has 2 nitrogen and oxygen atoms in total. The Morgan fingerprint density at radius 1 is 0.938 bits per heavy atom. The second-order valence-corrected chi connectivity index (χ2v) is 3.56. The van der Waals surface area contributed by atoms with E-state index in [1.165, 1.54) is 0 Å². The highest BCUT2D eigenvalue weighted by Crippen LogP contribution is 2.10. The molecule has 0 aromatic heterocycles. The van der Waals surface area contributed by atoms with Gasteiger partial charge in [-0.3, -0.25) is 0 Å². The lowest BCUT2D eigenvalue weighted by atomic mass is 10.2. The van der Waals surface area contributed by atoms with Crippen molar-refractivity contribution in [2.45, 2.75) is 13.2 Å². The zero-order chi connectivity index (χ0) is 11.2. The van der Waals surface area contributed by atoms with Crippen LogP contribution in [0.15, 0.2) is 48.5 Å². The van der Waals surface area contributed by atoms with Crippen molar-refractivity contribution in [3.05, 3.63) is 65.7 Å². The van der Waals surface area contributed by atoms with Gasteiger partial charge < -0.3 is 9.84 Å². The lowest BCUT2D eigenvalue weighted by Crippen LogP contribution is -1.93. The first-order chi connectivity index (χ1) is 7.84. The minimum atomic E-state index is 0.159. The van der Waals surface area contributed by atoms with Crippen LogP contribution in [-0.4, -0.2) is 5.11 Å². The average Bonchev–Trinajstić information content (AvgIpc) is 2.33. The molecule has 0 atom stereocenters. The van der Waals surface area contributed by atoms with Crippen LogP contribution in [0.5, 0.6) is 5.75 Å². The smallest absolute Gasteiger partial charge is 0.123 e. The summed E-state index contributed by atoms with van der Waals surface area (Å²) in [6, 6.07) is 17.9. The van der Waals surface area contributed by atoms with E-state index in [0.717, 1.165) is 11.1 Å². The normalized spacial score (nSPS) is 10.2. The van der Waals surface area contributed by atoms with Crippen molar-refractivity contribution in [3.63, 3.8) is 0 Å². The largest absolute Gasteiger partial charge is 0.507 e. The topological polar surface area (TPSA) is 29.5 Å². The molecule has 2 rings (SSSR count). The summed E-state index contributed by atoms with van der Waals surface area (Å²) in [4.78, 5) is 0. The SMILES string of the molecule is Oc1[c]cc(COCc2ccccc2)cc1. The fraction of sp³-hybridized carbons (Fsp3) is 0.143. The summed E-state index contributed by atoms with van der Waals surface area (Å²) in [5.41, 5.74) is 2.17. The van der Waals surface area contributed by atoms with Crippen LogP contribution < -0.4 is 0 Å². The van der Waals surface area contributed by atoms with E-state index in [4.69, 9.17) is 9.84 Å². The third-order valence-corrected chi connectivity index (χ3v) is 2.24. The van der Waals surface area contributed by atoms with E-state index in [-0.39, 0.29) is 5.75 Å². The Morgan fingerprint density at radius 2 is 1.69 bits per heavy atom. The quantitative estimate of drug-likeness (QED) is 0.846. The molecule has 0 fully saturated rings. The van der Waals surface area contributed by atoms with E-state index < -0.39 is 0 Å². The van der Waals surface area contributed by atoms with Gasteiger partial charge in [-0.1, -0.05) is 36.4 Å². The first-order valence-electron chi connectivity index (χ1n) is 5.16. The van der Waals surface area contributed by atoms with Gasteiger partial charge in [0.1, 0.15) is 5.75 Å². The number of hydrogen-bond acceptors (Lipinski definition) is 2. The van der Waals surface area contributed by atoms with Gasteiger partial charge >= 0.3 is 0 Å². The van der Waals surface area contributed by atoms with Crippen molar-refractivity contribution >= 4 is 0 Å². The number of hydrogen-bond donors (Lipinski definition) is 1. The Bertz CT molecular complexity index is 420. The molecule has 2 aromatic rings. The van der Waals surface area contributed by atoms with Crippen molar-refractivity contribution in [1.29, 1.82) is 0 Å². The Balaban J connectivity index is 1.82. The molecule has 0 aliphatic rings. The fourth-order valence-corrected chi connectivity index (χ4v) is 1.40. The Hall–Kier alpha value is -1.80. The van der Waals surface area contributed by atoms with E-state index in [9.17, 15) is 0 Å². The van der Waals surface area contributed by atoms with Gasteiger partial charge in [-0.05, 0) is 23.3 Å². The zero-order valence-electron chi connectivity index (χ0n) is 8.89. The first-order valence-corrected chi connectivity index (χ1v) is 5.16. The summed E-state index contributed by atoms with van der Waals surface area (Å²) < 4.78 is 5.54. The molecule has 1 N–H and O–H groups in total. The maximum atomic E-state index is 9.06. The first kappa shape index (κ1) is 10.7. The van der Waals surface area contributed by atoms with Crippen LogP contribution in [0.25, 0.3) is 0 Å². The highest BCUT2D eigenvalue weighted by Gasteiger charge is 1.95. The van der Waals surface area contributed by atoms with E-state index in [1.807, 2.05) is 36.4 Å². The molecular formula is C14H13O2. The van der Waals surface area contributed by atoms with Crippen molar-refractivity contribution in [2.24, 2.45) is 0 Å². The van der Waals surface area contributed by atoms with Gasteiger partial charge in [0.05, 0.1) is 13.2 Å². The van der Waals surface area contributed by atoms with Crippen molar-refractivity contribution in [2.75, 3.05) is 0 Å². The maximum Gasteiger partial charge on any atom is 0.123 e. The maximum absolute atomic E-state index is 9.06. The third kappa shape index (κ3) is 3.11. The molecule has 1 radical (unpaired) electrons. The molecule has 0 bridgehead atoms. The van der Waals surface area contributed by atoms with Crippen LogP contribution in [0.3, 0.4) is 0 Å². The average molecular weight is 213 g/mol. The highest BCUT2D eigenvalue weighted by atomic mass is 16.5. The fourth-order valence-electron chi connectivity index (χ4n) is 1.40.